The van der Waals surface area contributed by atoms with Crippen LogP contribution >= 0.6 is 0 Å². The van der Waals surface area contributed by atoms with Gasteiger partial charge < -0.3 is 10.1 Å². The summed E-state index contributed by atoms with van der Waals surface area (Å²) < 4.78 is 7.00. The first kappa shape index (κ1) is 8.65. The lowest BCUT2D eigenvalue weighted by Gasteiger charge is -2.22. The largest absolute Gasteiger partial charge is 0.384 e. The second kappa shape index (κ2) is 3.43. The first-order valence-electron chi connectivity index (χ1n) is 4.41. The number of aryl methyl sites for hydroxylation is 1. The van der Waals surface area contributed by atoms with Gasteiger partial charge in [0, 0.05) is 33.2 Å². The molecule has 1 aromatic rings. The summed E-state index contributed by atoms with van der Waals surface area (Å²) in [5.41, 5.74) is 2.26. The molecule has 0 spiro atoms. The molecule has 0 fully saturated rings. The van der Waals surface area contributed by atoms with E-state index in [1.165, 1.54) is 5.69 Å². The maximum atomic E-state index is 5.15. The molecule has 0 radical (unpaired) electrons. The number of hydrogen-bond acceptors (Lipinski definition) is 4. The molecule has 0 saturated carbocycles. The predicted molar refractivity (Wildman–Crippen MR) is 47.3 cm³/mol. The monoisotopic (exact) mass is 182 g/mol. The quantitative estimate of drug-likeness (QED) is 0.679. The van der Waals surface area contributed by atoms with Crippen LogP contribution in [0.1, 0.15) is 17.3 Å². The molecule has 2 rings (SSSR count). The van der Waals surface area contributed by atoms with E-state index in [1.54, 1.807) is 7.11 Å². The van der Waals surface area contributed by atoms with Crippen molar-refractivity contribution in [3.8, 4) is 0 Å². The summed E-state index contributed by atoms with van der Waals surface area (Å²) >= 11 is 0. The van der Waals surface area contributed by atoms with Gasteiger partial charge in [0.2, 0.25) is 0 Å². The summed E-state index contributed by atoms with van der Waals surface area (Å²) in [4.78, 5) is 0. The second-order valence-corrected chi connectivity index (χ2v) is 3.33. The van der Waals surface area contributed by atoms with E-state index in [0.29, 0.717) is 5.92 Å². The lowest BCUT2D eigenvalue weighted by Crippen LogP contribution is -2.31. The van der Waals surface area contributed by atoms with Gasteiger partial charge in [0.15, 0.2) is 0 Å². The van der Waals surface area contributed by atoms with E-state index in [-0.39, 0.29) is 0 Å². The Bertz CT molecular complexity index is 296. The number of aromatic nitrogens is 3. The third-order valence-electron chi connectivity index (χ3n) is 2.38. The van der Waals surface area contributed by atoms with Gasteiger partial charge in [-0.1, -0.05) is 5.21 Å². The van der Waals surface area contributed by atoms with Crippen molar-refractivity contribution in [2.24, 2.45) is 7.05 Å². The Morgan fingerprint density at radius 2 is 2.54 bits per heavy atom. The molecular weight excluding hydrogens is 168 g/mol. The highest BCUT2D eigenvalue weighted by Crippen LogP contribution is 2.21. The van der Waals surface area contributed by atoms with E-state index in [1.807, 2.05) is 11.7 Å². The fourth-order valence-corrected chi connectivity index (χ4v) is 1.83. The fraction of sp³-hybridized carbons (Fsp3) is 0.750. The average Bonchev–Trinajstić information content (AvgIpc) is 2.50. The average molecular weight is 182 g/mol. The van der Waals surface area contributed by atoms with Crippen molar-refractivity contribution in [3.05, 3.63) is 11.4 Å². The van der Waals surface area contributed by atoms with Crippen LogP contribution in [0.4, 0.5) is 0 Å². The third-order valence-corrected chi connectivity index (χ3v) is 2.38. The van der Waals surface area contributed by atoms with Gasteiger partial charge in [-0.15, -0.1) is 5.10 Å². The summed E-state index contributed by atoms with van der Waals surface area (Å²) in [6, 6.07) is 0. The molecule has 1 aliphatic heterocycles. The van der Waals surface area contributed by atoms with Crippen LogP contribution in [0.5, 0.6) is 0 Å². The molecule has 1 aromatic heterocycles. The first-order chi connectivity index (χ1) is 6.33. The van der Waals surface area contributed by atoms with Crippen molar-refractivity contribution in [3.63, 3.8) is 0 Å². The van der Waals surface area contributed by atoms with E-state index in [0.717, 1.165) is 25.4 Å². The Morgan fingerprint density at radius 1 is 1.69 bits per heavy atom. The van der Waals surface area contributed by atoms with Crippen LogP contribution in [0.25, 0.3) is 0 Å². The Balaban J connectivity index is 2.29. The minimum Gasteiger partial charge on any atom is -0.384 e. The van der Waals surface area contributed by atoms with Gasteiger partial charge in [0.05, 0.1) is 12.3 Å². The Morgan fingerprint density at radius 3 is 3.31 bits per heavy atom. The molecule has 13 heavy (non-hydrogen) atoms. The molecule has 72 valence electrons. The molecule has 0 saturated heterocycles. The Kier molecular flexibility index (Phi) is 2.28. The fourth-order valence-electron chi connectivity index (χ4n) is 1.83. The van der Waals surface area contributed by atoms with Crippen LogP contribution in [-0.2, 0) is 18.3 Å². The predicted octanol–water partition coefficient (Wildman–Crippen LogP) is -0.352. The number of hydrogen-bond donors (Lipinski definition) is 1. The molecule has 0 unspecified atom stereocenters. The van der Waals surface area contributed by atoms with E-state index >= 15 is 0 Å². The molecule has 5 heteroatoms. The van der Waals surface area contributed by atoms with Crippen molar-refractivity contribution in [2.45, 2.75) is 12.5 Å². The summed E-state index contributed by atoms with van der Waals surface area (Å²) in [5.74, 6) is 0.383. The van der Waals surface area contributed by atoms with Gasteiger partial charge in [-0.2, -0.15) is 0 Å². The number of methoxy groups -OCH3 is 1. The zero-order valence-corrected chi connectivity index (χ0v) is 7.95. The highest BCUT2D eigenvalue weighted by molar-refractivity contribution is 5.19. The Labute approximate surface area is 77.1 Å². The minimum atomic E-state index is 0.383. The van der Waals surface area contributed by atoms with Crippen LogP contribution in [0.2, 0.25) is 0 Å². The van der Waals surface area contributed by atoms with E-state index < -0.39 is 0 Å². The molecule has 1 N–H and O–H groups in total. The zero-order valence-electron chi connectivity index (χ0n) is 7.95. The van der Waals surface area contributed by atoms with Gasteiger partial charge in [0.25, 0.3) is 0 Å². The first-order valence-corrected chi connectivity index (χ1v) is 4.41. The summed E-state index contributed by atoms with van der Waals surface area (Å²) in [6.07, 6.45) is 0. The zero-order chi connectivity index (χ0) is 9.26. The van der Waals surface area contributed by atoms with Gasteiger partial charge in [-0.05, 0) is 0 Å². The third kappa shape index (κ3) is 1.45. The van der Waals surface area contributed by atoms with E-state index in [4.69, 9.17) is 4.74 Å². The van der Waals surface area contributed by atoms with Gasteiger partial charge >= 0.3 is 0 Å². The van der Waals surface area contributed by atoms with Gasteiger partial charge in [0.1, 0.15) is 5.69 Å². The molecule has 1 atom stereocenters. The molecule has 5 nitrogen and oxygen atoms in total. The van der Waals surface area contributed by atoms with E-state index in [9.17, 15) is 0 Å². The maximum absolute atomic E-state index is 5.15. The van der Waals surface area contributed by atoms with Crippen molar-refractivity contribution in [1.29, 1.82) is 0 Å². The summed E-state index contributed by atoms with van der Waals surface area (Å²) in [5, 5.41) is 11.4. The van der Waals surface area contributed by atoms with Crippen LogP contribution in [0.15, 0.2) is 0 Å². The van der Waals surface area contributed by atoms with Crippen molar-refractivity contribution < 1.29 is 4.74 Å². The molecule has 0 amide bonds. The highest BCUT2D eigenvalue weighted by Gasteiger charge is 2.24. The van der Waals surface area contributed by atoms with Crippen LogP contribution in [-0.4, -0.2) is 35.3 Å². The normalized spacial score (nSPS) is 21.5. The number of nitrogens with zero attached hydrogens (tertiary/aromatic N) is 3. The van der Waals surface area contributed by atoms with Crippen LogP contribution in [0.3, 0.4) is 0 Å². The maximum Gasteiger partial charge on any atom is 0.100 e. The molecule has 0 aromatic carbocycles. The SMILES string of the molecule is COC[C@@H]1CNCc2nnn(C)c21. The van der Waals surface area contributed by atoms with E-state index in [2.05, 4.69) is 15.6 Å². The topological polar surface area (TPSA) is 52.0 Å². The molecule has 0 bridgehead atoms. The lowest BCUT2D eigenvalue weighted by atomic mass is 10.0. The molecule has 2 heterocycles. The highest BCUT2D eigenvalue weighted by atomic mass is 16.5. The van der Waals surface area contributed by atoms with Crippen molar-refractivity contribution in [1.82, 2.24) is 20.3 Å². The smallest absolute Gasteiger partial charge is 0.100 e. The van der Waals surface area contributed by atoms with Crippen molar-refractivity contribution >= 4 is 0 Å². The number of nitrogens with one attached hydrogen (secondary N) is 1. The molecule has 1 aliphatic rings. The number of ether oxygens (including phenoxy) is 1. The minimum absolute atomic E-state index is 0.383. The van der Waals surface area contributed by atoms with Crippen molar-refractivity contribution in [2.75, 3.05) is 20.3 Å². The summed E-state index contributed by atoms with van der Waals surface area (Å²) in [7, 11) is 3.65. The lowest BCUT2D eigenvalue weighted by molar-refractivity contribution is 0.172. The van der Waals surface area contributed by atoms with Gasteiger partial charge in [-0.25, -0.2) is 0 Å². The Hall–Kier alpha value is -0.940. The number of fused-ring (bicyclic) bond motifs is 1. The molecule has 0 aliphatic carbocycles. The van der Waals surface area contributed by atoms with Gasteiger partial charge in [-0.3, -0.25) is 4.68 Å². The summed E-state index contributed by atoms with van der Waals surface area (Å²) in [6.45, 7) is 2.49. The standard InChI is InChI=1S/C8H14N4O/c1-12-8-6(5-13-2)3-9-4-7(8)10-11-12/h6,9H,3-5H2,1-2H3/t6-/m0/s1. The molecular formula is C8H14N4O. The van der Waals surface area contributed by atoms with Crippen LogP contribution in [0, 0.1) is 0 Å². The number of rotatable bonds is 2. The van der Waals surface area contributed by atoms with Crippen LogP contribution < -0.4 is 5.32 Å². The second-order valence-electron chi connectivity index (χ2n) is 3.33.